The van der Waals surface area contributed by atoms with Crippen molar-refractivity contribution in [3.8, 4) is 11.4 Å². The molecule has 0 bridgehead atoms. The smallest absolute Gasteiger partial charge is 0.255 e. The van der Waals surface area contributed by atoms with Crippen molar-refractivity contribution in [2.75, 3.05) is 10.6 Å². The van der Waals surface area contributed by atoms with Gasteiger partial charge < -0.3 is 15.6 Å². The Morgan fingerprint density at radius 2 is 1.66 bits per heavy atom. The molecule has 0 aliphatic carbocycles. The van der Waals surface area contributed by atoms with Gasteiger partial charge in [0.25, 0.3) is 5.91 Å². The molecule has 7 heteroatoms. The number of carbonyl (C=O) groups is 2. The molecule has 6 nitrogen and oxygen atoms in total. The van der Waals surface area contributed by atoms with Gasteiger partial charge >= 0.3 is 0 Å². The van der Waals surface area contributed by atoms with Crippen molar-refractivity contribution >= 4 is 45.8 Å². The summed E-state index contributed by atoms with van der Waals surface area (Å²) in [5.41, 5.74) is 4.15. The molecule has 29 heavy (non-hydrogen) atoms. The fourth-order valence-corrected chi connectivity index (χ4v) is 3.20. The zero-order chi connectivity index (χ0) is 20.4. The molecule has 0 aliphatic heterocycles. The number of fused-ring (bicyclic) bond motifs is 1. The van der Waals surface area contributed by atoms with Gasteiger partial charge in [-0.3, -0.25) is 9.59 Å². The molecular weight excluding hydrogens is 388 g/mol. The van der Waals surface area contributed by atoms with Gasteiger partial charge in [0.1, 0.15) is 5.82 Å². The van der Waals surface area contributed by atoms with Crippen LogP contribution in [-0.2, 0) is 4.79 Å². The van der Waals surface area contributed by atoms with E-state index in [1.54, 1.807) is 30.3 Å². The second-order valence-electron chi connectivity index (χ2n) is 6.51. The number of amides is 2. The highest BCUT2D eigenvalue weighted by Gasteiger charge is 2.11. The first-order chi connectivity index (χ1) is 14.0. The number of H-pyrrole nitrogens is 1. The minimum absolute atomic E-state index is 0.161. The summed E-state index contributed by atoms with van der Waals surface area (Å²) in [4.78, 5) is 31.4. The zero-order valence-electron chi connectivity index (χ0n) is 15.5. The van der Waals surface area contributed by atoms with Crippen LogP contribution in [0.2, 0.25) is 5.02 Å². The number of aromatic nitrogens is 2. The molecule has 0 atom stereocenters. The molecule has 4 aromatic rings. The topological polar surface area (TPSA) is 86.9 Å². The third kappa shape index (κ3) is 4.12. The van der Waals surface area contributed by atoms with Crippen molar-refractivity contribution < 1.29 is 9.59 Å². The summed E-state index contributed by atoms with van der Waals surface area (Å²) in [6.07, 6.45) is 0. The van der Waals surface area contributed by atoms with E-state index in [9.17, 15) is 9.59 Å². The Labute approximate surface area is 171 Å². The molecule has 0 radical (unpaired) electrons. The fourth-order valence-electron chi connectivity index (χ4n) is 2.98. The maximum atomic E-state index is 12.5. The van der Waals surface area contributed by atoms with Gasteiger partial charge in [-0.25, -0.2) is 4.98 Å². The number of hydrogen-bond acceptors (Lipinski definition) is 3. The number of imidazole rings is 1. The lowest BCUT2D eigenvalue weighted by Gasteiger charge is -2.07. The molecule has 0 aliphatic rings. The molecule has 3 N–H and O–H groups in total. The number of anilines is 2. The van der Waals surface area contributed by atoms with Crippen LogP contribution in [-0.4, -0.2) is 21.8 Å². The van der Waals surface area contributed by atoms with Crippen molar-refractivity contribution in [3.05, 3.63) is 77.3 Å². The molecule has 4 rings (SSSR count). The normalized spacial score (nSPS) is 10.7. The predicted octanol–water partition coefficient (Wildman–Crippen LogP) is 5.09. The van der Waals surface area contributed by atoms with Crippen LogP contribution in [0.3, 0.4) is 0 Å². The predicted molar refractivity (Wildman–Crippen MR) is 115 cm³/mol. The molecule has 0 fully saturated rings. The lowest BCUT2D eigenvalue weighted by Crippen LogP contribution is -2.12. The maximum Gasteiger partial charge on any atom is 0.255 e. The number of rotatable bonds is 4. The van der Waals surface area contributed by atoms with Crippen molar-refractivity contribution in [1.29, 1.82) is 0 Å². The van der Waals surface area contributed by atoms with Crippen LogP contribution in [0.4, 0.5) is 11.4 Å². The summed E-state index contributed by atoms with van der Waals surface area (Å²) < 4.78 is 0. The van der Waals surface area contributed by atoms with E-state index in [-0.39, 0.29) is 11.8 Å². The Balaban J connectivity index is 1.54. The fraction of sp³-hybridized carbons (Fsp3) is 0.0455. The van der Waals surface area contributed by atoms with E-state index in [2.05, 4.69) is 20.6 Å². The van der Waals surface area contributed by atoms with E-state index in [4.69, 9.17) is 11.6 Å². The van der Waals surface area contributed by atoms with Gasteiger partial charge in [0.05, 0.1) is 16.1 Å². The van der Waals surface area contributed by atoms with Crippen LogP contribution in [0.1, 0.15) is 17.3 Å². The third-order valence-electron chi connectivity index (χ3n) is 4.34. The Bertz CT molecular complexity index is 1220. The van der Waals surface area contributed by atoms with Gasteiger partial charge in [-0.1, -0.05) is 23.7 Å². The molecule has 1 heterocycles. The quantitative estimate of drug-likeness (QED) is 0.442. The zero-order valence-corrected chi connectivity index (χ0v) is 16.2. The number of aromatic amines is 1. The molecule has 144 valence electrons. The second kappa shape index (κ2) is 7.77. The number of hydrogen-bond donors (Lipinski definition) is 3. The van der Waals surface area contributed by atoms with E-state index in [0.29, 0.717) is 27.8 Å². The maximum absolute atomic E-state index is 12.5. The molecule has 0 saturated heterocycles. The number of nitrogens with zero attached hydrogens (tertiary/aromatic N) is 1. The van der Waals surface area contributed by atoms with Crippen molar-refractivity contribution in [2.45, 2.75) is 6.92 Å². The van der Waals surface area contributed by atoms with Crippen molar-refractivity contribution in [2.24, 2.45) is 0 Å². The lowest BCUT2D eigenvalue weighted by molar-refractivity contribution is -0.114. The molecule has 0 spiro atoms. The Morgan fingerprint density at radius 3 is 2.38 bits per heavy atom. The molecule has 0 unspecified atom stereocenters. The molecular formula is C22H17ClN4O2. The molecule has 3 aromatic carbocycles. The summed E-state index contributed by atoms with van der Waals surface area (Å²) in [6, 6.07) is 19.6. The number of benzene rings is 3. The van der Waals surface area contributed by atoms with Gasteiger partial charge in [0, 0.05) is 29.4 Å². The summed E-state index contributed by atoms with van der Waals surface area (Å²) in [7, 11) is 0. The van der Waals surface area contributed by atoms with Gasteiger partial charge in [0.2, 0.25) is 5.91 Å². The minimum Gasteiger partial charge on any atom is -0.338 e. The largest absolute Gasteiger partial charge is 0.338 e. The monoisotopic (exact) mass is 404 g/mol. The van der Waals surface area contributed by atoms with Crippen molar-refractivity contribution in [3.63, 3.8) is 0 Å². The molecule has 2 amide bonds. The van der Waals surface area contributed by atoms with Gasteiger partial charge in [0.15, 0.2) is 0 Å². The van der Waals surface area contributed by atoms with Crippen LogP contribution in [0.5, 0.6) is 0 Å². The Hall–Kier alpha value is -3.64. The highest BCUT2D eigenvalue weighted by molar-refractivity contribution is 6.33. The third-order valence-corrected chi connectivity index (χ3v) is 4.67. The SMILES string of the molecule is CC(=O)Nc1ccc(C(=O)Nc2ccc3nc(-c4ccccc4Cl)[nH]c3c2)cc1. The van der Waals surface area contributed by atoms with Crippen LogP contribution < -0.4 is 10.6 Å². The highest BCUT2D eigenvalue weighted by atomic mass is 35.5. The molecule has 1 aromatic heterocycles. The summed E-state index contributed by atoms with van der Waals surface area (Å²) >= 11 is 6.25. The number of carbonyl (C=O) groups excluding carboxylic acids is 2. The van der Waals surface area contributed by atoms with Crippen LogP contribution >= 0.6 is 11.6 Å². The number of halogens is 1. The lowest BCUT2D eigenvalue weighted by atomic mass is 10.2. The van der Waals surface area contributed by atoms with Crippen LogP contribution in [0, 0.1) is 0 Å². The van der Waals surface area contributed by atoms with Crippen molar-refractivity contribution in [1.82, 2.24) is 9.97 Å². The summed E-state index contributed by atoms with van der Waals surface area (Å²) in [6.45, 7) is 1.43. The summed E-state index contributed by atoms with van der Waals surface area (Å²) in [5.74, 6) is 0.262. The van der Waals surface area contributed by atoms with Crippen LogP contribution in [0.15, 0.2) is 66.7 Å². The van der Waals surface area contributed by atoms with Gasteiger partial charge in [-0.2, -0.15) is 0 Å². The van der Waals surface area contributed by atoms with E-state index < -0.39 is 0 Å². The molecule has 0 saturated carbocycles. The first kappa shape index (κ1) is 18.7. The first-order valence-corrected chi connectivity index (χ1v) is 9.31. The van der Waals surface area contributed by atoms with E-state index in [1.807, 2.05) is 36.4 Å². The van der Waals surface area contributed by atoms with Crippen LogP contribution in [0.25, 0.3) is 22.4 Å². The average molecular weight is 405 g/mol. The standard InChI is InChI=1S/C22H17ClN4O2/c1-13(28)24-15-8-6-14(7-9-15)22(29)25-16-10-11-19-20(12-16)27-21(26-19)17-4-2-3-5-18(17)23/h2-12H,1H3,(H,24,28)(H,25,29)(H,26,27). The van der Waals surface area contributed by atoms with E-state index in [1.165, 1.54) is 6.92 Å². The Kier molecular flexibility index (Phi) is 5.01. The summed E-state index contributed by atoms with van der Waals surface area (Å²) in [5, 5.41) is 6.15. The van der Waals surface area contributed by atoms with Gasteiger partial charge in [-0.05, 0) is 54.6 Å². The average Bonchev–Trinajstić information content (AvgIpc) is 3.11. The van der Waals surface area contributed by atoms with Gasteiger partial charge in [-0.15, -0.1) is 0 Å². The van der Waals surface area contributed by atoms with E-state index >= 15 is 0 Å². The minimum atomic E-state index is -0.246. The number of nitrogens with one attached hydrogen (secondary N) is 3. The highest BCUT2D eigenvalue weighted by Crippen LogP contribution is 2.28. The Morgan fingerprint density at radius 1 is 0.931 bits per heavy atom. The van der Waals surface area contributed by atoms with E-state index in [0.717, 1.165) is 16.6 Å². The second-order valence-corrected chi connectivity index (χ2v) is 6.92. The first-order valence-electron chi connectivity index (χ1n) is 8.93.